The highest BCUT2D eigenvalue weighted by Gasteiger charge is 2.49. The number of nitrogens with zero attached hydrogens (tertiary/aromatic N) is 1. The van der Waals surface area contributed by atoms with Gasteiger partial charge in [0.05, 0.1) is 0 Å². The van der Waals surface area contributed by atoms with Crippen molar-refractivity contribution in [2.45, 2.75) is 44.7 Å². The monoisotopic (exact) mass is 271 g/mol. The number of carbonyl (C=O) groups excluding carboxylic acids is 1. The van der Waals surface area contributed by atoms with E-state index in [0.717, 1.165) is 6.07 Å². The van der Waals surface area contributed by atoms with E-state index >= 15 is 0 Å². The lowest BCUT2D eigenvalue weighted by Gasteiger charge is -2.44. The van der Waals surface area contributed by atoms with Gasteiger partial charge in [-0.15, -0.1) is 0 Å². The summed E-state index contributed by atoms with van der Waals surface area (Å²) in [6.07, 6.45) is -0.627. The fraction of sp³-hybridized carbons (Fsp3) is 0.500. The first kappa shape index (κ1) is 13.9. The van der Waals surface area contributed by atoms with Crippen LogP contribution in [0.1, 0.15) is 37.0 Å². The summed E-state index contributed by atoms with van der Waals surface area (Å²) < 4.78 is 39.0. The lowest BCUT2D eigenvalue weighted by atomic mass is 9.85. The zero-order valence-electron chi connectivity index (χ0n) is 10.9. The van der Waals surface area contributed by atoms with Gasteiger partial charge in [-0.05, 0) is 32.0 Å². The number of hydrogen-bond donors (Lipinski definition) is 0. The molecular formula is C14H16F3NO. The van der Waals surface area contributed by atoms with Gasteiger partial charge in [0.2, 0.25) is 0 Å². The van der Waals surface area contributed by atoms with Crippen LogP contribution in [0.2, 0.25) is 0 Å². The summed E-state index contributed by atoms with van der Waals surface area (Å²) >= 11 is 0. The summed E-state index contributed by atoms with van der Waals surface area (Å²) in [4.78, 5) is 13.7. The topological polar surface area (TPSA) is 20.3 Å². The second kappa shape index (κ2) is 4.87. The maximum atomic E-state index is 13.1. The smallest absolute Gasteiger partial charge is 0.254 e. The molecule has 0 N–H and O–H groups in total. The molecule has 0 aliphatic heterocycles. The molecule has 5 heteroatoms. The third-order valence-corrected chi connectivity index (χ3v) is 3.32. The van der Waals surface area contributed by atoms with Crippen molar-refractivity contribution in [3.63, 3.8) is 0 Å². The molecule has 1 saturated carbocycles. The third kappa shape index (κ3) is 2.91. The van der Waals surface area contributed by atoms with Crippen LogP contribution in [0.4, 0.5) is 13.2 Å². The van der Waals surface area contributed by atoms with Gasteiger partial charge in [0, 0.05) is 30.5 Å². The molecule has 2 rings (SSSR count). The number of benzene rings is 1. The Balaban J connectivity index is 2.18. The molecule has 1 aliphatic rings. The van der Waals surface area contributed by atoms with Crippen LogP contribution in [0.3, 0.4) is 0 Å². The van der Waals surface area contributed by atoms with Gasteiger partial charge in [-0.2, -0.15) is 0 Å². The quantitative estimate of drug-likeness (QED) is 0.824. The van der Waals surface area contributed by atoms with Crippen molar-refractivity contribution < 1.29 is 18.0 Å². The number of rotatable bonds is 3. The molecule has 1 amide bonds. The van der Waals surface area contributed by atoms with Crippen molar-refractivity contribution in [1.82, 2.24) is 4.90 Å². The van der Waals surface area contributed by atoms with Crippen LogP contribution in [0.25, 0.3) is 0 Å². The maximum absolute atomic E-state index is 13.1. The Morgan fingerprint density at radius 1 is 1.37 bits per heavy atom. The molecule has 2 nitrogen and oxygen atoms in total. The van der Waals surface area contributed by atoms with Gasteiger partial charge in [0.15, 0.2) is 0 Å². The Hall–Kier alpha value is -1.52. The molecule has 1 aliphatic carbocycles. The van der Waals surface area contributed by atoms with Crippen LogP contribution in [-0.2, 0) is 0 Å². The van der Waals surface area contributed by atoms with Crippen molar-refractivity contribution in [2.24, 2.45) is 0 Å². The molecule has 0 unspecified atom stereocenters. The number of alkyl halides is 2. The molecule has 1 aromatic rings. The Kier molecular flexibility index (Phi) is 3.56. The van der Waals surface area contributed by atoms with Crippen LogP contribution < -0.4 is 0 Å². The van der Waals surface area contributed by atoms with Crippen LogP contribution in [0, 0.1) is 5.82 Å². The van der Waals surface area contributed by atoms with Crippen LogP contribution in [0.5, 0.6) is 0 Å². The van der Waals surface area contributed by atoms with Crippen LogP contribution in [-0.4, -0.2) is 28.8 Å². The molecule has 0 aromatic heterocycles. The first-order valence-corrected chi connectivity index (χ1v) is 6.26. The van der Waals surface area contributed by atoms with E-state index in [9.17, 15) is 18.0 Å². The SMILES string of the molecule is CC(C)N(C(=O)c1cccc(F)c1)C1CC(F)(F)C1. The molecule has 0 bridgehead atoms. The molecule has 0 heterocycles. The van der Waals surface area contributed by atoms with E-state index in [-0.39, 0.29) is 24.4 Å². The predicted molar refractivity (Wildman–Crippen MR) is 65.7 cm³/mol. The highest BCUT2D eigenvalue weighted by atomic mass is 19.3. The maximum Gasteiger partial charge on any atom is 0.254 e. The summed E-state index contributed by atoms with van der Waals surface area (Å²) in [6, 6.07) is 4.65. The summed E-state index contributed by atoms with van der Waals surface area (Å²) in [5.41, 5.74) is 0.198. The van der Waals surface area contributed by atoms with Gasteiger partial charge in [0.25, 0.3) is 11.8 Å². The van der Waals surface area contributed by atoms with Gasteiger partial charge in [-0.25, -0.2) is 13.2 Å². The molecule has 0 radical (unpaired) electrons. The molecule has 0 saturated heterocycles. The zero-order chi connectivity index (χ0) is 14.2. The molecule has 0 spiro atoms. The Bertz CT molecular complexity index is 479. The fourth-order valence-corrected chi connectivity index (χ4v) is 2.42. The number of amides is 1. The van der Waals surface area contributed by atoms with E-state index in [1.807, 2.05) is 0 Å². The fourth-order valence-electron chi connectivity index (χ4n) is 2.42. The summed E-state index contributed by atoms with van der Waals surface area (Å²) in [5, 5.41) is 0. The van der Waals surface area contributed by atoms with E-state index in [1.165, 1.54) is 23.1 Å². The summed E-state index contributed by atoms with van der Waals surface area (Å²) in [5.74, 6) is -3.58. The van der Waals surface area contributed by atoms with Crippen molar-refractivity contribution in [3.05, 3.63) is 35.6 Å². The zero-order valence-corrected chi connectivity index (χ0v) is 10.9. The Morgan fingerprint density at radius 2 is 2.00 bits per heavy atom. The van der Waals surface area contributed by atoms with Gasteiger partial charge < -0.3 is 4.90 Å². The third-order valence-electron chi connectivity index (χ3n) is 3.32. The average Bonchev–Trinajstić information content (AvgIpc) is 2.26. The first-order valence-electron chi connectivity index (χ1n) is 6.26. The van der Waals surface area contributed by atoms with Crippen molar-refractivity contribution in [2.75, 3.05) is 0 Å². The van der Waals surface area contributed by atoms with E-state index in [4.69, 9.17) is 0 Å². The van der Waals surface area contributed by atoms with Crippen LogP contribution in [0.15, 0.2) is 24.3 Å². The van der Waals surface area contributed by atoms with Crippen LogP contribution >= 0.6 is 0 Å². The predicted octanol–water partition coefficient (Wildman–Crippen LogP) is 3.47. The van der Waals surface area contributed by atoms with E-state index in [1.54, 1.807) is 13.8 Å². The standard InChI is InChI=1S/C14H16F3NO/c1-9(2)18(12-7-14(16,17)8-12)13(19)10-4-3-5-11(15)6-10/h3-6,9,12H,7-8H2,1-2H3. The van der Waals surface area contributed by atoms with Crippen molar-refractivity contribution >= 4 is 5.91 Å². The second-order valence-corrected chi connectivity index (χ2v) is 5.23. The van der Waals surface area contributed by atoms with Gasteiger partial charge in [0.1, 0.15) is 5.82 Å². The lowest BCUT2D eigenvalue weighted by Crippen LogP contribution is -2.55. The summed E-state index contributed by atoms with van der Waals surface area (Å²) in [6.45, 7) is 3.54. The minimum atomic E-state index is -2.68. The highest BCUT2D eigenvalue weighted by Crippen LogP contribution is 2.41. The van der Waals surface area contributed by atoms with Gasteiger partial charge >= 0.3 is 0 Å². The molecule has 1 aromatic carbocycles. The summed E-state index contributed by atoms with van der Waals surface area (Å²) in [7, 11) is 0. The van der Waals surface area contributed by atoms with E-state index < -0.39 is 23.7 Å². The van der Waals surface area contributed by atoms with E-state index in [2.05, 4.69) is 0 Å². The number of halogens is 3. The average molecular weight is 271 g/mol. The Labute approximate surface area is 110 Å². The molecule has 1 fully saturated rings. The second-order valence-electron chi connectivity index (χ2n) is 5.23. The number of hydrogen-bond acceptors (Lipinski definition) is 1. The van der Waals surface area contributed by atoms with Gasteiger partial charge in [-0.3, -0.25) is 4.79 Å². The van der Waals surface area contributed by atoms with E-state index in [0.29, 0.717) is 0 Å². The van der Waals surface area contributed by atoms with Crippen molar-refractivity contribution in [3.8, 4) is 0 Å². The normalized spacial score (nSPS) is 18.2. The minimum absolute atomic E-state index is 0.197. The molecule has 0 atom stereocenters. The molecule has 104 valence electrons. The molecule has 19 heavy (non-hydrogen) atoms. The minimum Gasteiger partial charge on any atom is -0.333 e. The number of carbonyl (C=O) groups is 1. The largest absolute Gasteiger partial charge is 0.333 e. The first-order chi connectivity index (χ1) is 8.80. The Morgan fingerprint density at radius 3 is 2.47 bits per heavy atom. The molecular weight excluding hydrogens is 255 g/mol. The van der Waals surface area contributed by atoms with Crippen molar-refractivity contribution in [1.29, 1.82) is 0 Å². The highest BCUT2D eigenvalue weighted by molar-refractivity contribution is 5.94. The van der Waals surface area contributed by atoms with Gasteiger partial charge in [-0.1, -0.05) is 6.07 Å². The lowest BCUT2D eigenvalue weighted by molar-refractivity contribution is -0.120.